The normalized spacial score (nSPS) is 14.0. The number of aromatic nitrogens is 2. The molecule has 2 aromatic heterocycles. The number of rotatable bonds is 5. The molecule has 10 heteroatoms. The highest BCUT2D eigenvalue weighted by atomic mass is 32.1. The Bertz CT molecular complexity index is 1520. The molecule has 1 aliphatic heterocycles. The van der Waals surface area contributed by atoms with Crippen LogP contribution in [0.2, 0.25) is 0 Å². The van der Waals surface area contributed by atoms with E-state index in [2.05, 4.69) is 0 Å². The van der Waals surface area contributed by atoms with Crippen LogP contribution in [0.5, 0.6) is 0 Å². The van der Waals surface area contributed by atoms with Gasteiger partial charge in [0.15, 0.2) is 0 Å². The minimum Gasteiger partial charge on any atom is -0.366 e. The summed E-state index contributed by atoms with van der Waals surface area (Å²) < 4.78 is 30.9. The summed E-state index contributed by atoms with van der Waals surface area (Å²) in [4.78, 5) is 42.9. The van der Waals surface area contributed by atoms with Crippen molar-refractivity contribution in [3.63, 3.8) is 0 Å². The highest BCUT2D eigenvalue weighted by molar-refractivity contribution is 7.17. The van der Waals surface area contributed by atoms with Crippen LogP contribution in [0.15, 0.2) is 69.6 Å². The maximum Gasteiger partial charge on any atom is 0.332 e. The molecule has 0 bridgehead atoms. The first-order chi connectivity index (χ1) is 16.9. The second-order valence-electron chi connectivity index (χ2n) is 8.31. The Morgan fingerprint density at radius 2 is 1.54 bits per heavy atom. The van der Waals surface area contributed by atoms with Gasteiger partial charge in [0.25, 0.3) is 5.56 Å². The molecule has 0 aliphatic carbocycles. The van der Waals surface area contributed by atoms with E-state index in [0.717, 1.165) is 4.57 Å². The molecule has 1 fully saturated rings. The van der Waals surface area contributed by atoms with Crippen molar-refractivity contribution in [3.8, 4) is 0 Å². The van der Waals surface area contributed by atoms with Crippen LogP contribution in [0.25, 0.3) is 10.2 Å². The lowest BCUT2D eigenvalue weighted by Crippen LogP contribution is -2.51. The number of carbonyl (C=O) groups is 1. The minimum atomic E-state index is -0.664. The SMILES string of the molecule is O=C(Cn1c(=O)n(Cc2ccccc2F)c(=O)c2sccc21)N1CCN(c2ccccc2F)CC1. The molecule has 0 atom stereocenters. The van der Waals surface area contributed by atoms with Gasteiger partial charge < -0.3 is 9.80 Å². The van der Waals surface area contributed by atoms with Crippen LogP contribution in [-0.2, 0) is 17.9 Å². The number of amides is 1. The molecule has 35 heavy (non-hydrogen) atoms. The highest BCUT2D eigenvalue weighted by Gasteiger charge is 2.25. The van der Waals surface area contributed by atoms with Crippen molar-refractivity contribution in [1.82, 2.24) is 14.0 Å². The van der Waals surface area contributed by atoms with Gasteiger partial charge in [-0.2, -0.15) is 0 Å². The fourth-order valence-electron chi connectivity index (χ4n) is 4.36. The summed E-state index contributed by atoms with van der Waals surface area (Å²) in [6.45, 7) is 1.20. The molecule has 1 amide bonds. The third-order valence-corrected chi connectivity index (χ3v) is 7.13. The van der Waals surface area contributed by atoms with E-state index in [1.165, 1.54) is 40.2 Å². The number of carbonyl (C=O) groups excluding carboxylic acids is 1. The van der Waals surface area contributed by atoms with Gasteiger partial charge in [0.05, 0.1) is 17.7 Å². The third-order valence-electron chi connectivity index (χ3n) is 6.24. The Balaban J connectivity index is 1.39. The Morgan fingerprint density at radius 3 is 2.26 bits per heavy atom. The summed E-state index contributed by atoms with van der Waals surface area (Å²) >= 11 is 1.17. The number of benzene rings is 2. The number of piperazine rings is 1. The zero-order chi connectivity index (χ0) is 24.5. The molecule has 0 unspecified atom stereocenters. The zero-order valence-electron chi connectivity index (χ0n) is 18.7. The van der Waals surface area contributed by atoms with Gasteiger partial charge in [0, 0.05) is 31.7 Å². The number of para-hydroxylation sites is 1. The first-order valence-electron chi connectivity index (χ1n) is 11.2. The van der Waals surface area contributed by atoms with E-state index in [-0.39, 0.29) is 30.4 Å². The van der Waals surface area contributed by atoms with Gasteiger partial charge in [-0.1, -0.05) is 30.3 Å². The summed E-state index contributed by atoms with van der Waals surface area (Å²) in [5.41, 5.74) is -0.0816. The standard InChI is InChI=1S/C25H22F2N4O3S/c26-18-6-2-1-5-17(18)15-31-24(33)23-21(9-14-35-23)30(25(31)34)16-22(32)29-12-10-28(11-13-29)20-8-4-3-7-19(20)27/h1-9,14H,10-13,15-16H2. The number of halogens is 2. The molecule has 1 aliphatic rings. The lowest BCUT2D eigenvalue weighted by molar-refractivity contribution is -0.132. The zero-order valence-corrected chi connectivity index (χ0v) is 19.5. The van der Waals surface area contributed by atoms with Crippen LogP contribution < -0.4 is 16.1 Å². The minimum absolute atomic E-state index is 0.213. The molecule has 0 N–H and O–H groups in total. The van der Waals surface area contributed by atoms with Crippen LogP contribution in [0.1, 0.15) is 5.56 Å². The van der Waals surface area contributed by atoms with E-state index in [1.54, 1.807) is 40.6 Å². The molecule has 0 saturated carbocycles. The topological polar surface area (TPSA) is 67.5 Å². The van der Waals surface area contributed by atoms with Crippen molar-refractivity contribution < 1.29 is 13.6 Å². The van der Waals surface area contributed by atoms with Crippen molar-refractivity contribution in [2.75, 3.05) is 31.1 Å². The summed E-state index contributed by atoms with van der Waals surface area (Å²) in [6, 6.07) is 14.1. The van der Waals surface area contributed by atoms with E-state index in [4.69, 9.17) is 0 Å². The second kappa shape index (κ2) is 9.46. The lowest BCUT2D eigenvalue weighted by atomic mass is 10.2. The van der Waals surface area contributed by atoms with Gasteiger partial charge in [0.1, 0.15) is 22.9 Å². The van der Waals surface area contributed by atoms with Crippen molar-refractivity contribution in [2.24, 2.45) is 0 Å². The predicted octanol–water partition coefficient (Wildman–Crippen LogP) is 2.90. The summed E-state index contributed by atoms with van der Waals surface area (Å²) in [5.74, 6) is -1.10. The van der Waals surface area contributed by atoms with E-state index in [1.807, 2.05) is 4.90 Å². The largest absolute Gasteiger partial charge is 0.366 e. The number of nitrogens with zero attached hydrogens (tertiary/aromatic N) is 4. The van der Waals surface area contributed by atoms with E-state index >= 15 is 0 Å². The number of hydrogen-bond acceptors (Lipinski definition) is 5. The molecular formula is C25H22F2N4O3S. The monoisotopic (exact) mass is 496 g/mol. The summed E-state index contributed by atoms with van der Waals surface area (Å²) in [6.07, 6.45) is 0. The second-order valence-corrected chi connectivity index (χ2v) is 9.22. The third kappa shape index (κ3) is 4.37. The molecule has 1 saturated heterocycles. The molecule has 5 rings (SSSR count). The smallest absolute Gasteiger partial charge is 0.332 e. The highest BCUT2D eigenvalue weighted by Crippen LogP contribution is 2.21. The van der Waals surface area contributed by atoms with Crippen molar-refractivity contribution >= 4 is 33.1 Å². The first-order valence-corrected chi connectivity index (χ1v) is 12.0. The van der Waals surface area contributed by atoms with Gasteiger partial charge in [-0.15, -0.1) is 11.3 Å². The number of fused-ring (bicyclic) bond motifs is 1. The maximum absolute atomic E-state index is 14.2. The maximum atomic E-state index is 14.2. The first kappa shape index (κ1) is 23.0. The number of anilines is 1. The molecular weight excluding hydrogens is 474 g/mol. The number of hydrogen-bond donors (Lipinski definition) is 0. The van der Waals surface area contributed by atoms with Crippen molar-refractivity contribution in [3.05, 3.63) is 98.0 Å². The van der Waals surface area contributed by atoms with Gasteiger partial charge in [-0.3, -0.25) is 18.7 Å². The van der Waals surface area contributed by atoms with Crippen LogP contribution in [0.3, 0.4) is 0 Å². The van der Waals surface area contributed by atoms with Crippen LogP contribution in [0, 0.1) is 11.6 Å². The van der Waals surface area contributed by atoms with Gasteiger partial charge in [-0.05, 0) is 29.6 Å². The Morgan fingerprint density at radius 1 is 0.857 bits per heavy atom. The molecule has 3 heterocycles. The fourth-order valence-corrected chi connectivity index (χ4v) is 5.21. The van der Waals surface area contributed by atoms with Gasteiger partial charge in [0.2, 0.25) is 5.91 Å². The Hall–Kier alpha value is -3.79. The van der Waals surface area contributed by atoms with Crippen molar-refractivity contribution in [2.45, 2.75) is 13.1 Å². The molecule has 7 nitrogen and oxygen atoms in total. The van der Waals surface area contributed by atoms with E-state index < -0.39 is 17.1 Å². The van der Waals surface area contributed by atoms with Gasteiger partial charge in [-0.25, -0.2) is 13.6 Å². The summed E-state index contributed by atoms with van der Waals surface area (Å²) in [5, 5.41) is 1.69. The molecule has 4 aromatic rings. The number of thiophene rings is 1. The van der Waals surface area contributed by atoms with Crippen molar-refractivity contribution in [1.29, 1.82) is 0 Å². The average molecular weight is 497 g/mol. The molecule has 0 radical (unpaired) electrons. The van der Waals surface area contributed by atoms with Gasteiger partial charge >= 0.3 is 5.69 Å². The van der Waals surface area contributed by atoms with E-state index in [9.17, 15) is 23.2 Å². The van der Waals surface area contributed by atoms with Crippen LogP contribution >= 0.6 is 11.3 Å². The molecule has 2 aromatic carbocycles. The Labute approximate surface area is 203 Å². The lowest BCUT2D eigenvalue weighted by Gasteiger charge is -2.36. The summed E-state index contributed by atoms with van der Waals surface area (Å²) in [7, 11) is 0. The molecule has 0 spiro atoms. The fraction of sp³-hybridized carbons (Fsp3) is 0.240. The average Bonchev–Trinajstić information content (AvgIpc) is 3.36. The van der Waals surface area contributed by atoms with E-state index in [0.29, 0.717) is 42.1 Å². The van der Waals surface area contributed by atoms with Crippen LogP contribution in [-0.4, -0.2) is 46.1 Å². The predicted molar refractivity (Wildman–Crippen MR) is 131 cm³/mol. The Kier molecular flexibility index (Phi) is 6.21. The molecule has 180 valence electrons. The van der Waals surface area contributed by atoms with Crippen LogP contribution in [0.4, 0.5) is 14.5 Å². The quantitative estimate of drug-likeness (QED) is 0.426.